The third-order valence-corrected chi connectivity index (χ3v) is 2.70. The van der Waals surface area contributed by atoms with Crippen molar-refractivity contribution in [2.24, 2.45) is 0 Å². The normalized spacial score (nSPS) is 19.8. The van der Waals surface area contributed by atoms with Crippen molar-refractivity contribution in [2.75, 3.05) is 32.9 Å². The van der Waals surface area contributed by atoms with E-state index in [1.54, 1.807) is 4.90 Å². The van der Waals surface area contributed by atoms with E-state index in [-0.39, 0.29) is 12.3 Å². The first-order valence-electron chi connectivity index (χ1n) is 6.32. The molecule has 6 nitrogen and oxygen atoms in total. The van der Waals surface area contributed by atoms with Crippen molar-refractivity contribution in [1.82, 2.24) is 4.90 Å². The van der Waals surface area contributed by atoms with Gasteiger partial charge >= 0.3 is 5.97 Å². The van der Waals surface area contributed by atoms with E-state index in [0.717, 1.165) is 6.42 Å². The molecule has 0 saturated carbocycles. The van der Waals surface area contributed by atoms with E-state index in [2.05, 4.69) is 0 Å². The van der Waals surface area contributed by atoms with E-state index in [1.165, 1.54) is 0 Å². The zero-order valence-electron chi connectivity index (χ0n) is 10.8. The lowest BCUT2D eigenvalue weighted by atomic mass is 10.2. The van der Waals surface area contributed by atoms with E-state index in [4.69, 9.17) is 14.6 Å². The number of carbonyl (C=O) groups excluding carboxylic acids is 1. The Morgan fingerprint density at radius 3 is 2.89 bits per heavy atom. The predicted octanol–water partition coefficient (Wildman–Crippen LogP) is 0.505. The average molecular weight is 259 g/mol. The highest BCUT2D eigenvalue weighted by atomic mass is 16.5. The third-order valence-electron chi connectivity index (χ3n) is 2.70. The molecule has 18 heavy (non-hydrogen) atoms. The molecule has 0 radical (unpaired) electrons. The summed E-state index contributed by atoms with van der Waals surface area (Å²) in [6.45, 7) is 4.40. The minimum atomic E-state index is -0.902. The quantitative estimate of drug-likeness (QED) is 0.674. The van der Waals surface area contributed by atoms with Gasteiger partial charge in [0, 0.05) is 19.7 Å². The Labute approximate surface area is 107 Å². The summed E-state index contributed by atoms with van der Waals surface area (Å²) in [6.07, 6.45) is 0.833. The predicted molar refractivity (Wildman–Crippen MR) is 64.3 cm³/mol. The molecule has 0 spiro atoms. The molecule has 1 aliphatic rings. The number of carboxylic acid groups (broad SMARTS) is 1. The standard InChI is InChI=1S/C12H21NO5/c1-2-5-17-6-3-11(14)13-4-7-18-10(9-13)8-12(15)16/h10H,2-9H2,1H3,(H,15,16). The number of aliphatic carboxylic acids is 1. The molecule has 0 aromatic carbocycles. The van der Waals surface area contributed by atoms with Gasteiger partial charge < -0.3 is 19.5 Å². The van der Waals surface area contributed by atoms with E-state index in [1.807, 2.05) is 6.92 Å². The number of carboxylic acids is 1. The lowest BCUT2D eigenvalue weighted by Crippen LogP contribution is -2.46. The van der Waals surface area contributed by atoms with Gasteiger partial charge in [-0.25, -0.2) is 0 Å². The Morgan fingerprint density at radius 1 is 1.44 bits per heavy atom. The van der Waals surface area contributed by atoms with Crippen molar-refractivity contribution in [3.63, 3.8) is 0 Å². The first kappa shape index (κ1) is 14.9. The molecule has 1 heterocycles. The molecule has 1 fully saturated rings. The molecule has 1 aliphatic heterocycles. The highest BCUT2D eigenvalue weighted by Crippen LogP contribution is 2.10. The SMILES string of the molecule is CCCOCCC(=O)N1CCOC(CC(=O)O)C1. The molecule has 1 atom stereocenters. The molecule has 104 valence electrons. The summed E-state index contributed by atoms with van der Waals surface area (Å²) < 4.78 is 10.6. The Kier molecular flexibility index (Phi) is 6.67. The van der Waals surface area contributed by atoms with Gasteiger partial charge in [-0.2, -0.15) is 0 Å². The van der Waals surface area contributed by atoms with Crippen molar-refractivity contribution in [3.05, 3.63) is 0 Å². The molecule has 0 aromatic rings. The zero-order chi connectivity index (χ0) is 13.4. The number of ether oxygens (including phenoxy) is 2. The van der Waals surface area contributed by atoms with Gasteiger partial charge in [-0.1, -0.05) is 6.92 Å². The Bertz CT molecular complexity index is 282. The van der Waals surface area contributed by atoms with E-state index < -0.39 is 12.1 Å². The third kappa shape index (κ3) is 5.46. The van der Waals surface area contributed by atoms with Crippen molar-refractivity contribution in [1.29, 1.82) is 0 Å². The number of carbonyl (C=O) groups is 2. The van der Waals surface area contributed by atoms with E-state index >= 15 is 0 Å². The first-order valence-corrected chi connectivity index (χ1v) is 6.32. The van der Waals surface area contributed by atoms with Crippen LogP contribution in [-0.4, -0.2) is 60.9 Å². The summed E-state index contributed by atoms with van der Waals surface area (Å²) >= 11 is 0. The molecular formula is C12H21NO5. The van der Waals surface area contributed by atoms with E-state index in [0.29, 0.717) is 39.3 Å². The molecule has 6 heteroatoms. The fraction of sp³-hybridized carbons (Fsp3) is 0.833. The van der Waals surface area contributed by atoms with Gasteiger partial charge in [0.1, 0.15) is 0 Å². The van der Waals surface area contributed by atoms with Crippen molar-refractivity contribution in [3.8, 4) is 0 Å². The number of rotatable bonds is 7. The van der Waals surface area contributed by atoms with Gasteiger partial charge in [0.05, 0.1) is 32.2 Å². The van der Waals surface area contributed by atoms with Gasteiger partial charge in [-0.05, 0) is 6.42 Å². The molecule has 0 bridgehead atoms. The van der Waals surface area contributed by atoms with Crippen molar-refractivity contribution >= 4 is 11.9 Å². The Balaban J connectivity index is 2.27. The average Bonchev–Trinajstić information content (AvgIpc) is 2.34. The van der Waals surface area contributed by atoms with Crippen LogP contribution in [0.4, 0.5) is 0 Å². The maximum Gasteiger partial charge on any atom is 0.306 e. The molecule has 1 rings (SSSR count). The van der Waals surface area contributed by atoms with Gasteiger partial charge in [0.25, 0.3) is 0 Å². The molecule has 1 unspecified atom stereocenters. The maximum atomic E-state index is 11.8. The highest BCUT2D eigenvalue weighted by Gasteiger charge is 2.25. The second-order valence-corrected chi connectivity index (χ2v) is 4.29. The molecule has 0 aromatic heterocycles. The van der Waals surface area contributed by atoms with Crippen LogP contribution < -0.4 is 0 Å². The molecule has 0 aliphatic carbocycles. The van der Waals surface area contributed by atoms with Crippen LogP contribution in [0, 0.1) is 0 Å². The number of nitrogens with zero attached hydrogens (tertiary/aromatic N) is 1. The summed E-state index contributed by atoms with van der Waals surface area (Å²) in [5.41, 5.74) is 0. The lowest BCUT2D eigenvalue weighted by Gasteiger charge is -2.32. The topological polar surface area (TPSA) is 76.1 Å². The van der Waals surface area contributed by atoms with Gasteiger partial charge in [-0.3, -0.25) is 9.59 Å². The van der Waals surface area contributed by atoms with Crippen LogP contribution in [0.25, 0.3) is 0 Å². The molecule has 1 N–H and O–H groups in total. The van der Waals surface area contributed by atoms with Gasteiger partial charge in [-0.15, -0.1) is 0 Å². The summed E-state index contributed by atoms with van der Waals surface area (Å²) in [5.74, 6) is -0.898. The minimum absolute atomic E-state index is 0.00444. The van der Waals surface area contributed by atoms with Crippen LogP contribution in [0.2, 0.25) is 0 Å². The number of amides is 1. The Hall–Kier alpha value is -1.14. The fourth-order valence-electron chi connectivity index (χ4n) is 1.83. The largest absolute Gasteiger partial charge is 0.481 e. The fourth-order valence-corrected chi connectivity index (χ4v) is 1.83. The summed E-state index contributed by atoms with van der Waals surface area (Å²) in [6, 6.07) is 0. The van der Waals surface area contributed by atoms with Crippen LogP contribution in [0.1, 0.15) is 26.2 Å². The Morgan fingerprint density at radius 2 is 2.22 bits per heavy atom. The molecule has 1 amide bonds. The second-order valence-electron chi connectivity index (χ2n) is 4.29. The first-order chi connectivity index (χ1) is 8.63. The number of hydrogen-bond donors (Lipinski definition) is 1. The van der Waals surface area contributed by atoms with Crippen LogP contribution in [-0.2, 0) is 19.1 Å². The summed E-state index contributed by atoms with van der Waals surface area (Å²) in [4.78, 5) is 24.1. The van der Waals surface area contributed by atoms with Gasteiger partial charge in [0.2, 0.25) is 5.91 Å². The minimum Gasteiger partial charge on any atom is -0.481 e. The number of morpholine rings is 1. The molecular weight excluding hydrogens is 238 g/mol. The van der Waals surface area contributed by atoms with Crippen molar-refractivity contribution in [2.45, 2.75) is 32.3 Å². The van der Waals surface area contributed by atoms with Crippen LogP contribution in [0.3, 0.4) is 0 Å². The highest BCUT2D eigenvalue weighted by molar-refractivity contribution is 5.76. The number of hydrogen-bond acceptors (Lipinski definition) is 4. The van der Waals surface area contributed by atoms with E-state index in [9.17, 15) is 9.59 Å². The molecule has 1 saturated heterocycles. The van der Waals surface area contributed by atoms with Crippen LogP contribution in [0.5, 0.6) is 0 Å². The zero-order valence-corrected chi connectivity index (χ0v) is 10.8. The van der Waals surface area contributed by atoms with Crippen LogP contribution >= 0.6 is 0 Å². The summed E-state index contributed by atoms with van der Waals surface area (Å²) in [5, 5.41) is 8.69. The summed E-state index contributed by atoms with van der Waals surface area (Å²) in [7, 11) is 0. The lowest BCUT2D eigenvalue weighted by molar-refractivity contribution is -0.148. The van der Waals surface area contributed by atoms with Crippen LogP contribution in [0.15, 0.2) is 0 Å². The smallest absolute Gasteiger partial charge is 0.306 e. The monoisotopic (exact) mass is 259 g/mol. The second kappa shape index (κ2) is 8.05. The van der Waals surface area contributed by atoms with Gasteiger partial charge in [0.15, 0.2) is 0 Å². The maximum absolute atomic E-state index is 11.8. The van der Waals surface area contributed by atoms with Crippen molar-refractivity contribution < 1.29 is 24.2 Å².